The molecule has 0 saturated carbocycles. The molecule has 1 aliphatic rings. The molecule has 2 N–H and O–H groups in total. The van der Waals surface area contributed by atoms with Crippen LogP contribution in [-0.4, -0.2) is 40.3 Å². The minimum absolute atomic E-state index is 0.0437. The Kier molecular flexibility index (Phi) is 4.86. The van der Waals surface area contributed by atoms with Crippen LogP contribution in [-0.2, 0) is 9.53 Å². The number of fused-ring (bicyclic) bond motifs is 1. The average Bonchev–Trinajstić information content (AvgIpc) is 2.72. The van der Waals surface area contributed by atoms with Crippen LogP contribution in [0.5, 0.6) is 0 Å². The van der Waals surface area contributed by atoms with Crippen LogP contribution < -0.4 is 15.5 Å². The molecule has 1 aromatic carbocycles. The first kappa shape index (κ1) is 15.1. The van der Waals surface area contributed by atoms with E-state index in [2.05, 4.69) is 15.5 Å². The van der Waals surface area contributed by atoms with Gasteiger partial charge >= 0.3 is 0 Å². The van der Waals surface area contributed by atoms with Crippen LogP contribution in [0.3, 0.4) is 0 Å². The molecule has 0 radical (unpaired) electrons. The van der Waals surface area contributed by atoms with E-state index in [1.807, 2.05) is 19.2 Å². The number of ether oxygens (including phenoxy) is 1. The van der Waals surface area contributed by atoms with Crippen LogP contribution in [0.1, 0.15) is 18.0 Å². The van der Waals surface area contributed by atoms with Crippen LogP contribution in [0.15, 0.2) is 12.1 Å². The predicted molar refractivity (Wildman–Crippen MR) is 81.6 cm³/mol. The van der Waals surface area contributed by atoms with Gasteiger partial charge in [-0.1, -0.05) is 11.6 Å². The molecule has 20 heavy (non-hydrogen) atoms. The Balaban J connectivity index is 2.21. The minimum Gasteiger partial charge on any atom is -0.385 e. The zero-order valence-corrected chi connectivity index (χ0v) is 12.8. The summed E-state index contributed by atoms with van der Waals surface area (Å²) < 4.78 is 5.05. The van der Waals surface area contributed by atoms with E-state index in [0.29, 0.717) is 11.6 Å². The summed E-state index contributed by atoms with van der Waals surface area (Å²) in [5.41, 5.74) is 2.64. The van der Waals surface area contributed by atoms with Crippen molar-refractivity contribution in [1.29, 1.82) is 0 Å². The van der Waals surface area contributed by atoms with E-state index in [4.69, 9.17) is 16.3 Å². The van der Waals surface area contributed by atoms with Gasteiger partial charge < -0.3 is 20.3 Å². The molecule has 1 aromatic rings. The van der Waals surface area contributed by atoms with Gasteiger partial charge in [-0.3, -0.25) is 4.79 Å². The highest BCUT2D eigenvalue weighted by molar-refractivity contribution is 6.33. The molecule has 1 unspecified atom stereocenters. The maximum atomic E-state index is 11.8. The molecule has 1 atom stereocenters. The second-order valence-electron chi connectivity index (χ2n) is 4.87. The quantitative estimate of drug-likeness (QED) is 0.789. The normalized spacial score (nSPS) is 17.0. The van der Waals surface area contributed by atoms with Gasteiger partial charge in [0, 0.05) is 38.6 Å². The van der Waals surface area contributed by atoms with Gasteiger partial charge in [-0.2, -0.15) is 0 Å². The zero-order valence-electron chi connectivity index (χ0n) is 12.0. The lowest BCUT2D eigenvalue weighted by atomic mass is 10.1. The van der Waals surface area contributed by atoms with Crippen molar-refractivity contribution in [1.82, 2.24) is 5.32 Å². The highest BCUT2D eigenvalue weighted by Gasteiger charge is 2.30. The Morgan fingerprint density at radius 2 is 2.25 bits per heavy atom. The number of amides is 1. The summed E-state index contributed by atoms with van der Waals surface area (Å²) in [4.78, 5) is 13.9. The fourth-order valence-corrected chi connectivity index (χ4v) is 2.73. The monoisotopic (exact) mass is 297 g/mol. The number of nitrogens with zero attached hydrogens (tertiary/aromatic N) is 1. The van der Waals surface area contributed by atoms with Crippen molar-refractivity contribution in [3.05, 3.63) is 22.7 Å². The fourth-order valence-electron chi connectivity index (χ4n) is 2.42. The third-order valence-corrected chi connectivity index (χ3v) is 3.79. The number of methoxy groups -OCH3 is 1. The molecule has 0 saturated heterocycles. The second kappa shape index (κ2) is 6.43. The molecule has 5 nitrogen and oxygen atoms in total. The van der Waals surface area contributed by atoms with E-state index in [-0.39, 0.29) is 11.9 Å². The van der Waals surface area contributed by atoms with Crippen molar-refractivity contribution in [2.24, 2.45) is 0 Å². The van der Waals surface area contributed by atoms with Crippen LogP contribution in [0.4, 0.5) is 11.4 Å². The highest BCUT2D eigenvalue weighted by Crippen LogP contribution is 2.38. The molecular formula is C14H20ClN3O2. The molecule has 1 heterocycles. The standard InChI is InChI=1S/C14H20ClN3O2/c1-16-13-9-7-10(15)12(8-11(9)17-14(13)19)18(2)5-4-6-20-3/h7-8,13,16H,4-6H2,1-3H3,(H,17,19). The smallest absolute Gasteiger partial charge is 0.246 e. The number of halogens is 1. The molecular weight excluding hydrogens is 278 g/mol. The van der Waals surface area contributed by atoms with Gasteiger partial charge in [-0.05, 0) is 25.6 Å². The van der Waals surface area contributed by atoms with Gasteiger partial charge in [-0.15, -0.1) is 0 Å². The molecule has 110 valence electrons. The summed E-state index contributed by atoms with van der Waals surface area (Å²) in [5.74, 6) is -0.0437. The van der Waals surface area contributed by atoms with Crippen molar-refractivity contribution < 1.29 is 9.53 Å². The van der Waals surface area contributed by atoms with Crippen LogP contribution in [0, 0.1) is 0 Å². The van der Waals surface area contributed by atoms with Crippen LogP contribution >= 0.6 is 11.6 Å². The number of carbonyl (C=O) groups is 1. The number of anilines is 2. The van der Waals surface area contributed by atoms with Crippen molar-refractivity contribution in [3.8, 4) is 0 Å². The lowest BCUT2D eigenvalue weighted by molar-refractivity contribution is -0.117. The van der Waals surface area contributed by atoms with Crippen molar-refractivity contribution in [2.75, 3.05) is 44.6 Å². The van der Waals surface area contributed by atoms with Gasteiger partial charge in [0.05, 0.1) is 10.7 Å². The molecule has 0 aliphatic carbocycles. The second-order valence-corrected chi connectivity index (χ2v) is 5.28. The van der Waals surface area contributed by atoms with E-state index in [1.165, 1.54) is 0 Å². The predicted octanol–water partition coefficient (Wildman–Crippen LogP) is 2.03. The van der Waals surface area contributed by atoms with Crippen molar-refractivity contribution >= 4 is 28.9 Å². The summed E-state index contributed by atoms with van der Waals surface area (Å²) in [6, 6.07) is 3.47. The highest BCUT2D eigenvalue weighted by atomic mass is 35.5. The van der Waals surface area contributed by atoms with E-state index in [0.717, 1.165) is 29.9 Å². The first-order chi connectivity index (χ1) is 9.58. The molecule has 1 amide bonds. The number of nitrogens with one attached hydrogen (secondary N) is 2. The van der Waals surface area contributed by atoms with Gasteiger partial charge in [0.1, 0.15) is 6.04 Å². The maximum Gasteiger partial charge on any atom is 0.246 e. The molecule has 6 heteroatoms. The lowest BCUT2D eigenvalue weighted by Crippen LogP contribution is -2.23. The number of carbonyl (C=O) groups excluding carboxylic acids is 1. The third-order valence-electron chi connectivity index (χ3n) is 3.49. The molecule has 0 bridgehead atoms. The Morgan fingerprint density at radius 1 is 1.50 bits per heavy atom. The first-order valence-electron chi connectivity index (χ1n) is 6.60. The van der Waals surface area contributed by atoms with Gasteiger partial charge in [-0.25, -0.2) is 0 Å². The summed E-state index contributed by atoms with van der Waals surface area (Å²) >= 11 is 6.35. The summed E-state index contributed by atoms with van der Waals surface area (Å²) in [7, 11) is 5.43. The average molecular weight is 298 g/mol. The number of likely N-dealkylation sites (N-methyl/N-ethyl adjacent to an activating group) is 1. The first-order valence-corrected chi connectivity index (χ1v) is 6.98. The van der Waals surface area contributed by atoms with Gasteiger partial charge in [0.15, 0.2) is 0 Å². The summed E-state index contributed by atoms with van der Waals surface area (Å²) in [6.45, 7) is 1.56. The van der Waals surface area contributed by atoms with Gasteiger partial charge in [0.2, 0.25) is 5.91 Å². The van der Waals surface area contributed by atoms with E-state index in [1.54, 1.807) is 14.2 Å². The third kappa shape index (κ3) is 2.90. The lowest BCUT2D eigenvalue weighted by Gasteiger charge is -2.21. The maximum absolute atomic E-state index is 11.8. The van der Waals surface area contributed by atoms with Crippen molar-refractivity contribution in [3.63, 3.8) is 0 Å². The number of hydrogen-bond acceptors (Lipinski definition) is 4. The zero-order chi connectivity index (χ0) is 14.7. The summed E-state index contributed by atoms with van der Waals surface area (Å²) in [6.07, 6.45) is 0.923. The SMILES string of the molecule is CNC1C(=O)Nc2cc(N(C)CCCOC)c(Cl)cc21. The largest absolute Gasteiger partial charge is 0.385 e. The van der Waals surface area contributed by atoms with Crippen LogP contribution in [0.25, 0.3) is 0 Å². The van der Waals surface area contributed by atoms with Crippen LogP contribution in [0.2, 0.25) is 5.02 Å². The molecule has 0 aromatic heterocycles. The Hall–Kier alpha value is -1.30. The molecule has 0 fully saturated rings. The van der Waals surface area contributed by atoms with E-state index in [9.17, 15) is 4.79 Å². The fraction of sp³-hybridized carbons (Fsp3) is 0.500. The molecule has 1 aliphatic heterocycles. The Labute approximate surface area is 124 Å². The number of rotatable bonds is 6. The number of benzene rings is 1. The van der Waals surface area contributed by atoms with Gasteiger partial charge in [0.25, 0.3) is 0 Å². The minimum atomic E-state index is -0.324. The Morgan fingerprint density at radius 3 is 2.90 bits per heavy atom. The molecule has 0 spiro atoms. The Bertz CT molecular complexity index is 507. The molecule has 2 rings (SSSR count). The number of hydrogen-bond donors (Lipinski definition) is 2. The van der Waals surface area contributed by atoms with E-state index >= 15 is 0 Å². The van der Waals surface area contributed by atoms with E-state index < -0.39 is 0 Å². The summed E-state index contributed by atoms with van der Waals surface area (Å²) in [5, 5.41) is 6.52. The van der Waals surface area contributed by atoms with Crippen molar-refractivity contribution in [2.45, 2.75) is 12.5 Å². The topological polar surface area (TPSA) is 53.6 Å².